The Morgan fingerprint density at radius 2 is 2.20 bits per heavy atom. The molecule has 0 saturated carbocycles. The van der Waals surface area contributed by atoms with Gasteiger partial charge in [0.2, 0.25) is 0 Å². The van der Waals surface area contributed by atoms with Crippen molar-refractivity contribution in [1.82, 2.24) is 0 Å². The van der Waals surface area contributed by atoms with E-state index in [1.54, 1.807) is 0 Å². The van der Waals surface area contributed by atoms with E-state index < -0.39 is 0 Å². The van der Waals surface area contributed by atoms with Crippen molar-refractivity contribution in [3.8, 4) is 0 Å². The van der Waals surface area contributed by atoms with E-state index in [9.17, 15) is 0 Å². The first kappa shape index (κ1) is 11.0. The van der Waals surface area contributed by atoms with Crippen molar-refractivity contribution in [3.05, 3.63) is 27.7 Å². The van der Waals surface area contributed by atoms with Gasteiger partial charge in [0, 0.05) is 16.4 Å². The average Bonchev–Trinajstić information content (AvgIpc) is 2.53. The molecule has 15 heavy (non-hydrogen) atoms. The molecule has 0 aliphatic carbocycles. The van der Waals surface area contributed by atoms with E-state index in [-0.39, 0.29) is 0 Å². The van der Waals surface area contributed by atoms with Crippen molar-refractivity contribution in [1.29, 1.82) is 0 Å². The van der Waals surface area contributed by atoms with Crippen LogP contribution in [0, 0.1) is 6.92 Å². The Labute approximate surface area is 99.4 Å². The third-order valence-electron chi connectivity index (χ3n) is 3.24. The fourth-order valence-electron chi connectivity index (χ4n) is 2.47. The fraction of sp³-hybridized carbons (Fsp3) is 0.500. The second-order valence-electron chi connectivity index (χ2n) is 4.27. The van der Waals surface area contributed by atoms with Gasteiger partial charge < -0.3 is 11.1 Å². The molecule has 0 amide bonds. The van der Waals surface area contributed by atoms with Crippen LogP contribution in [0.1, 0.15) is 30.4 Å². The van der Waals surface area contributed by atoms with E-state index in [1.165, 1.54) is 16.8 Å². The zero-order valence-corrected chi connectivity index (χ0v) is 10.8. The molecule has 0 spiro atoms. The summed E-state index contributed by atoms with van der Waals surface area (Å²) >= 11 is 3.59. The highest BCUT2D eigenvalue weighted by Gasteiger charge is 2.30. The monoisotopic (exact) mass is 268 g/mol. The van der Waals surface area contributed by atoms with Gasteiger partial charge >= 0.3 is 0 Å². The van der Waals surface area contributed by atoms with Crippen molar-refractivity contribution in [2.45, 2.75) is 32.2 Å². The number of halogens is 1. The van der Waals surface area contributed by atoms with Crippen molar-refractivity contribution < 1.29 is 0 Å². The molecule has 3 heteroatoms. The molecule has 1 aromatic rings. The number of nitrogens with one attached hydrogen (secondary N) is 1. The number of aryl methyl sites for hydroxylation is 1. The summed E-state index contributed by atoms with van der Waals surface area (Å²) in [4.78, 5) is 0. The van der Waals surface area contributed by atoms with Gasteiger partial charge in [-0.3, -0.25) is 0 Å². The van der Waals surface area contributed by atoms with E-state index in [4.69, 9.17) is 5.73 Å². The maximum Gasteiger partial charge on any atom is 0.0525 e. The maximum absolute atomic E-state index is 5.68. The van der Waals surface area contributed by atoms with Crippen LogP contribution >= 0.6 is 15.9 Å². The summed E-state index contributed by atoms with van der Waals surface area (Å²) in [5.74, 6) is 0.558. The number of fused-ring (bicyclic) bond motifs is 1. The predicted octanol–water partition coefficient (Wildman–Crippen LogP) is 3.00. The Bertz CT molecular complexity index is 376. The molecule has 2 nitrogen and oxygen atoms in total. The summed E-state index contributed by atoms with van der Waals surface area (Å²) in [7, 11) is 0. The quantitative estimate of drug-likeness (QED) is 0.866. The smallest absolute Gasteiger partial charge is 0.0525 e. The molecule has 82 valence electrons. The number of nitrogens with two attached hydrogens (primary N) is 1. The minimum absolute atomic E-state index is 0.487. The molecule has 1 aliphatic heterocycles. The normalized spacial score (nSPS) is 23.7. The van der Waals surface area contributed by atoms with Crippen LogP contribution in [0.2, 0.25) is 0 Å². The van der Waals surface area contributed by atoms with Gasteiger partial charge in [-0.2, -0.15) is 0 Å². The largest absolute Gasteiger partial charge is 0.381 e. The van der Waals surface area contributed by atoms with Crippen LogP contribution in [0.25, 0.3) is 0 Å². The highest BCUT2D eigenvalue weighted by Crippen LogP contribution is 2.43. The van der Waals surface area contributed by atoms with Gasteiger partial charge in [0.25, 0.3) is 0 Å². The molecule has 0 aromatic heterocycles. The lowest BCUT2D eigenvalue weighted by Crippen LogP contribution is -2.19. The predicted molar refractivity (Wildman–Crippen MR) is 68.4 cm³/mol. The molecule has 2 rings (SSSR count). The number of rotatable bonds is 2. The van der Waals surface area contributed by atoms with Gasteiger partial charge in [0.15, 0.2) is 0 Å². The van der Waals surface area contributed by atoms with Gasteiger partial charge in [-0.1, -0.05) is 6.07 Å². The van der Waals surface area contributed by atoms with Crippen molar-refractivity contribution in [3.63, 3.8) is 0 Å². The zero-order chi connectivity index (χ0) is 11.0. The summed E-state index contributed by atoms with van der Waals surface area (Å²) in [6.45, 7) is 5.16. The number of benzene rings is 1. The van der Waals surface area contributed by atoms with Gasteiger partial charge in [0.1, 0.15) is 0 Å². The number of anilines is 1. The summed E-state index contributed by atoms with van der Waals surface area (Å²) in [5, 5.41) is 3.54. The van der Waals surface area contributed by atoms with Crippen LogP contribution in [-0.4, -0.2) is 12.6 Å². The lowest BCUT2D eigenvalue weighted by atomic mass is 9.90. The lowest BCUT2D eigenvalue weighted by Gasteiger charge is -2.16. The van der Waals surface area contributed by atoms with Gasteiger partial charge in [-0.25, -0.2) is 0 Å². The average molecular weight is 269 g/mol. The Kier molecular flexibility index (Phi) is 3.03. The first-order valence-electron chi connectivity index (χ1n) is 5.40. The Morgan fingerprint density at radius 1 is 1.47 bits per heavy atom. The molecule has 1 aliphatic rings. The van der Waals surface area contributed by atoms with E-state index in [1.807, 2.05) is 0 Å². The third-order valence-corrected chi connectivity index (χ3v) is 3.90. The first-order chi connectivity index (χ1) is 7.15. The molecule has 0 fully saturated rings. The maximum atomic E-state index is 5.68. The molecule has 0 bridgehead atoms. The summed E-state index contributed by atoms with van der Waals surface area (Å²) in [5.41, 5.74) is 9.75. The molecule has 1 aromatic carbocycles. The summed E-state index contributed by atoms with van der Waals surface area (Å²) in [6, 6.07) is 4.77. The second-order valence-corrected chi connectivity index (χ2v) is 5.12. The SMILES string of the molecule is Cc1ccc(Br)c2c1C(CCN)C(C)N2. The molecule has 1 heterocycles. The molecule has 3 N–H and O–H groups in total. The molecule has 0 radical (unpaired) electrons. The van der Waals surface area contributed by atoms with Crippen LogP contribution < -0.4 is 11.1 Å². The van der Waals surface area contributed by atoms with Crippen molar-refractivity contribution >= 4 is 21.6 Å². The topological polar surface area (TPSA) is 38.0 Å². The van der Waals surface area contributed by atoms with Gasteiger partial charge in [-0.15, -0.1) is 0 Å². The van der Waals surface area contributed by atoms with E-state index in [0.29, 0.717) is 12.0 Å². The fourth-order valence-corrected chi connectivity index (χ4v) is 2.93. The number of hydrogen-bond donors (Lipinski definition) is 2. The van der Waals surface area contributed by atoms with Gasteiger partial charge in [0.05, 0.1) is 5.69 Å². The first-order valence-corrected chi connectivity index (χ1v) is 6.20. The van der Waals surface area contributed by atoms with Crippen LogP contribution in [0.5, 0.6) is 0 Å². The number of hydrogen-bond acceptors (Lipinski definition) is 2. The van der Waals surface area contributed by atoms with Crippen LogP contribution in [-0.2, 0) is 0 Å². The molecule has 0 saturated heterocycles. The van der Waals surface area contributed by atoms with Crippen LogP contribution in [0.4, 0.5) is 5.69 Å². The second kappa shape index (κ2) is 4.14. The minimum Gasteiger partial charge on any atom is -0.381 e. The van der Waals surface area contributed by atoms with Crippen molar-refractivity contribution in [2.75, 3.05) is 11.9 Å². The summed E-state index contributed by atoms with van der Waals surface area (Å²) < 4.78 is 1.16. The summed E-state index contributed by atoms with van der Waals surface area (Å²) in [6.07, 6.45) is 1.05. The zero-order valence-electron chi connectivity index (χ0n) is 9.18. The minimum atomic E-state index is 0.487. The van der Waals surface area contributed by atoms with E-state index in [2.05, 4.69) is 47.2 Å². The highest BCUT2D eigenvalue weighted by molar-refractivity contribution is 9.10. The van der Waals surface area contributed by atoms with Crippen molar-refractivity contribution in [2.24, 2.45) is 5.73 Å². The Hall–Kier alpha value is -0.540. The van der Waals surface area contributed by atoms with Gasteiger partial charge in [-0.05, 0) is 59.9 Å². The molecule has 2 unspecified atom stereocenters. The lowest BCUT2D eigenvalue weighted by molar-refractivity contribution is 0.588. The third kappa shape index (κ3) is 1.79. The highest BCUT2D eigenvalue weighted by atomic mass is 79.9. The standard InChI is InChI=1S/C12H17BrN2/c1-7-3-4-10(13)12-11(7)9(5-6-14)8(2)15-12/h3-4,8-9,15H,5-6,14H2,1-2H3. The van der Waals surface area contributed by atoms with E-state index >= 15 is 0 Å². The Balaban J connectivity index is 2.47. The van der Waals surface area contributed by atoms with E-state index in [0.717, 1.165) is 17.4 Å². The molecular formula is C12H17BrN2. The van der Waals surface area contributed by atoms with Crippen LogP contribution in [0.15, 0.2) is 16.6 Å². The molecular weight excluding hydrogens is 252 g/mol. The van der Waals surface area contributed by atoms with Crippen LogP contribution in [0.3, 0.4) is 0 Å². The molecule has 2 atom stereocenters. The Morgan fingerprint density at radius 3 is 2.87 bits per heavy atom.